The quantitative estimate of drug-likeness (QED) is 0.674. The van der Waals surface area contributed by atoms with Gasteiger partial charge in [0.15, 0.2) is 0 Å². The Bertz CT molecular complexity index is 949. The van der Waals surface area contributed by atoms with Crippen molar-refractivity contribution in [2.45, 2.75) is 38.8 Å². The average molecular weight is 385 g/mol. The van der Waals surface area contributed by atoms with E-state index in [-0.39, 0.29) is 12.5 Å². The first-order chi connectivity index (χ1) is 13.1. The van der Waals surface area contributed by atoms with E-state index in [1.54, 1.807) is 12.1 Å². The van der Waals surface area contributed by atoms with Gasteiger partial charge < -0.3 is 14.0 Å². The number of piperidine rings is 1. The van der Waals surface area contributed by atoms with Crippen molar-refractivity contribution in [1.82, 2.24) is 19.6 Å². The summed E-state index contributed by atoms with van der Waals surface area (Å²) in [5, 5.41) is 4.67. The van der Waals surface area contributed by atoms with Gasteiger partial charge in [-0.15, -0.1) is 0 Å². The fourth-order valence-electron chi connectivity index (χ4n) is 3.52. The molecule has 6 nitrogen and oxygen atoms in total. The molecule has 3 heterocycles. The second-order valence-corrected chi connectivity index (χ2v) is 7.32. The molecular weight excluding hydrogens is 364 g/mol. The number of nitrogens with zero attached hydrogens (tertiary/aromatic N) is 4. The lowest BCUT2D eigenvalue weighted by Gasteiger charge is -2.33. The molecule has 1 aliphatic rings. The lowest BCUT2D eigenvalue weighted by Crippen LogP contribution is -2.43. The Kier molecular flexibility index (Phi) is 4.99. The van der Waals surface area contributed by atoms with Gasteiger partial charge in [-0.1, -0.05) is 28.9 Å². The van der Waals surface area contributed by atoms with Crippen LogP contribution in [0, 0.1) is 0 Å². The third-order valence-corrected chi connectivity index (χ3v) is 5.22. The number of carbonyl (C=O) groups excluding carboxylic acids is 1. The summed E-state index contributed by atoms with van der Waals surface area (Å²) in [5.74, 6) is 0.972. The predicted octanol–water partition coefficient (Wildman–Crippen LogP) is 4.26. The summed E-state index contributed by atoms with van der Waals surface area (Å²) in [5.41, 5.74) is 1.52. The van der Waals surface area contributed by atoms with E-state index in [1.165, 1.54) is 6.42 Å². The van der Waals surface area contributed by atoms with Gasteiger partial charge in [-0.2, -0.15) is 4.98 Å². The molecule has 0 aliphatic carbocycles. The van der Waals surface area contributed by atoms with Gasteiger partial charge in [0.2, 0.25) is 11.7 Å². The molecule has 1 unspecified atom stereocenters. The van der Waals surface area contributed by atoms with Gasteiger partial charge in [-0.3, -0.25) is 4.79 Å². The Balaban J connectivity index is 1.55. The minimum atomic E-state index is 0.120. The molecule has 2 aromatic heterocycles. The average Bonchev–Trinajstić information content (AvgIpc) is 3.31. The van der Waals surface area contributed by atoms with Crippen LogP contribution in [0.5, 0.6) is 0 Å². The molecule has 1 saturated heterocycles. The summed E-state index contributed by atoms with van der Waals surface area (Å²) in [7, 11) is 0. The molecule has 0 radical (unpaired) electrons. The smallest absolute Gasteiger partial charge is 0.274 e. The summed E-state index contributed by atoms with van der Waals surface area (Å²) in [6, 6.07) is 11.4. The Labute approximate surface area is 162 Å². The van der Waals surface area contributed by atoms with Crippen LogP contribution in [0.4, 0.5) is 0 Å². The van der Waals surface area contributed by atoms with Gasteiger partial charge >= 0.3 is 0 Å². The molecule has 140 valence electrons. The topological polar surface area (TPSA) is 64.2 Å². The van der Waals surface area contributed by atoms with Gasteiger partial charge in [0, 0.05) is 29.4 Å². The van der Waals surface area contributed by atoms with Gasteiger partial charge in [-0.25, -0.2) is 0 Å². The van der Waals surface area contributed by atoms with Crippen molar-refractivity contribution in [3.8, 4) is 23.0 Å². The molecule has 27 heavy (non-hydrogen) atoms. The van der Waals surface area contributed by atoms with Crippen molar-refractivity contribution in [1.29, 1.82) is 0 Å². The van der Waals surface area contributed by atoms with E-state index in [0.29, 0.717) is 22.8 Å². The number of carbonyl (C=O) groups is 1. The Hall–Kier alpha value is -2.60. The number of rotatable bonds is 4. The van der Waals surface area contributed by atoms with E-state index in [4.69, 9.17) is 16.1 Å². The number of hydrogen-bond acceptors (Lipinski definition) is 4. The molecule has 1 aliphatic heterocycles. The van der Waals surface area contributed by atoms with E-state index in [0.717, 1.165) is 30.6 Å². The highest BCUT2D eigenvalue weighted by atomic mass is 35.5. The van der Waals surface area contributed by atoms with Crippen LogP contribution in [-0.2, 0) is 11.3 Å². The number of amides is 1. The van der Waals surface area contributed by atoms with Gasteiger partial charge in [0.25, 0.3) is 5.89 Å². The monoisotopic (exact) mass is 384 g/mol. The van der Waals surface area contributed by atoms with Crippen LogP contribution < -0.4 is 0 Å². The molecule has 1 atom stereocenters. The maximum Gasteiger partial charge on any atom is 0.274 e. The third-order valence-electron chi connectivity index (χ3n) is 4.99. The SMILES string of the molecule is CC1CCCCN1C(=O)Cn1cccc1-c1nc(-c2cccc(Cl)c2)no1. The molecule has 1 amide bonds. The molecule has 0 N–H and O–H groups in total. The van der Waals surface area contributed by atoms with Crippen molar-refractivity contribution < 1.29 is 9.32 Å². The van der Waals surface area contributed by atoms with E-state index in [9.17, 15) is 4.79 Å². The zero-order valence-electron chi connectivity index (χ0n) is 15.1. The Morgan fingerprint density at radius 1 is 1.30 bits per heavy atom. The summed E-state index contributed by atoms with van der Waals surface area (Å²) in [6.45, 7) is 3.21. The van der Waals surface area contributed by atoms with Crippen molar-refractivity contribution >= 4 is 17.5 Å². The van der Waals surface area contributed by atoms with Crippen LogP contribution >= 0.6 is 11.6 Å². The van der Waals surface area contributed by atoms with Crippen LogP contribution in [0.15, 0.2) is 47.1 Å². The molecule has 0 saturated carbocycles. The fraction of sp³-hybridized carbons (Fsp3) is 0.350. The van der Waals surface area contributed by atoms with Gasteiger partial charge in [0.1, 0.15) is 12.2 Å². The summed E-state index contributed by atoms with van der Waals surface area (Å²) in [6.07, 6.45) is 5.19. The first kappa shape index (κ1) is 17.8. The lowest BCUT2D eigenvalue weighted by atomic mass is 10.0. The van der Waals surface area contributed by atoms with Crippen LogP contribution in [0.2, 0.25) is 5.02 Å². The van der Waals surface area contributed by atoms with Crippen molar-refractivity contribution in [3.63, 3.8) is 0 Å². The number of halogens is 1. The maximum absolute atomic E-state index is 12.7. The summed E-state index contributed by atoms with van der Waals surface area (Å²) < 4.78 is 7.30. The highest BCUT2D eigenvalue weighted by molar-refractivity contribution is 6.30. The van der Waals surface area contributed by atoms with Crippen LogP contribution in [-0.4, -0.2) is 38.1 Å². The highest BCUT2D eigenvalue weighted by Gasteiger charge is 2.24. The second kappa shape index (κ2) is 7.56. The summed E-state index contributed by atoms with van der Waals surface area (Å²) in [4.78, 5) is 19.2. The molecule has 1 fully saturated rings. The maximum atomic E-state index is 12.7. The normalized spacial score (nSPS) is 17.3. The molecule has 0 bridgehead atoms. The number of benzene rings is 1. The number of likely N-dealkylation sites (tertiary alicyclic amines) is 1. The van der Waals surface area contributed by atoms with Crippen molar-refractivity contribution in [2.75, 3.05) is 6.54 Å². The van der Waals surface area contributed by atoms with E-state index in [1.807, 2.05) is 39.9 Å². The second-order valence-electron chi connectivity index (χ2n) is 6.89. The first-order valence-electron chi connectivity index (χ1n) is 9.16. The fourth-order valence-corrected chi connectivity index (χ4v) is 3.71. The van der Waals surface area contributed by atoms with Gasteiger partial charge in [0.05, 0.1) is 0 Å². The van der Waals surface area contributed by atoms with Crippen LogP contribution in [0.1, 0.15) is 26.2 Å². The largest absolute Gasteiger partial charge is 0.338 e. The van der Waals surface area contributed by atoms with E-state index in [2.05, 4.69) is 17.1 Å². The molecule has 1 aromatic carbocycles. The first-order valence-corrected chi connectivity index (χ1v) is 9.54. The lowest BCUT2D eigenvalue weighted by molar-refractivity contribution is -0.135. The van der Waals surface area contributed by atoms with Crippen LogP contribution in [0.3, 0.4) is 0 Å². The Morgan fingerprint density at radius 2 is 2.19 bits per heavy atom. The van der Waals surface area contributed by atoms with E-state index >= 15 is 0 Å². The standard InChI is InChI=1S/C20H21ClN4O2/c1-14-6-2-3-11-25(14)18(26)13-24-10-5-9-17(24)20-22-19(23-27-20)15-7-4-8-16(21)12-15/h4-5,7-10,12,14H,2-3,6,11,13H2,1H3. The third kappa shape index (κ3) is 3.76. The zero-order valence-corrected chi connectivity index (χ0v) is 15.9. The van der Waals surface area contributed by atoms with Crippen molar-refractivity contribution in [2.24, 2.45) is 0 Å². The zero-order chi connectivity index (χ0) is 18.8. The molecular formula is C20H21ClN4O2. The minimum Gasteiger partial charge on any atom is -0.338 e. The van der Waals surface area contributed by atoms with Gasteiger partial charge in [-0.05, 0) is 50.5 Å². The Morgan fingerprint density at radius 3 is 3.00 bits per heavy atom. The number of aromatic nitrogens is 3. The molecule has 3 aromatic rings. The van der Waals surface area contributed by atoms with Crippen LogP contribution in [0.25, 0.3) is 23.0 Å². The summed E-state index contributed by atoms with van der Waals surface area (Å²) >= 11 is 6.04. The molecule has 4 rings (SSSR count). The molecule has 7 heteroatoms. The predicted molar refractivity (Wildman–Crippen MR) is 103 cm³/mol. The van der Waals surface area contributed by atoms with E-state index < -0.39 is 0 Å². The highest BCUT2D eigenvalue weighted by Crippen LogP contribution is 2.25. The number of hydrogen-bond donors (Lipinski definition) is 0. The minimum absolute atomic E-state index is 0.120. The van der Waals surface area contributed by atoms with Crippen molar-refractivity contribution in [3.05, 3.63) is 47.6 Å². The molecule has 0 spiro atoms.